The highest BCUT2D eigenvalue weighted by Gasteiger charge is 2.18. The maximum absolute atomic E-state index is 11.9. The van der Waals surface area contributed by atoms with Crippen LogP contribution < -0.4 is 71.1 Å². The fourth-order valence-electron chi connectivity index (χ4n) is 13.9. The van der Waals surface area contributed by atoms with Crippen LogP contribution in [-0.2, 0) is 46.2 Å². The minimum atomic E-state index is -0.454. The van der Waals surface area contributed by atoms with Crippen molar-refractivity contribution in [2.24, 2.45) is 0 Å². The second kappa shape index (κ2) is 59.0. The van der Waals surface area contributed by atoms with Crippen molar-refractivity contribution in [1.29, 1.82) is 0 Å². The molecule has 0 spiro atoms. The van der Waals surface area contributed by atoms with E-state index in [9.17, 15) is 10.1 Å². The monoisotopic (exact) mass is 1680 g/mol. The van der Waals surface area contributed by atoms with Crippen LogP contribution in [0.4, 0.5) is 5.69 Å². The Bertz CT molecular complexity index is 3660. The van der Waals surface area contributed by atoms with Crippen LogP contribution in [0.25, 0.3) is 0 Å². The molecular weight excluding hydrogens is 1540 g/mol. The molecule has 0 N–H and O–H groups in total. The quantitative estimate of drug-likeness (QED) is 0.0199. The number of hydrogen-bond acceptors (Lipinski definition) is 17. The molecule has 0 heterocycles. The van der Waals surface area contributed by atoms with Gasteiger partial charge in [-0.25, -0.2) is 0 Å². The molecule has 0 aliphatic rings. The van der Waals surface area contributed by atoms with Crippen LogP contribution in [0.2, 0.25) is 0 Å². The molecule has 1 radical (unpaired) electrons. The van der Waals surface area contributed by atoms with Crippen LogP contribution in [0, 0.1) is 17.0 Å². The van der Waals surface area contributed by atoms with Crippen LogP contribution in [-0.4, -0.2) is 57.8 Å². The van der Waals surface area contributed by atoms with E-state index in [2.05, 4.69) is 62.3 Å². The summed E-state index contributed by atoms with van der Waals surface area (Å²) in [6.45, 7) is 27.6. The summed E-state index contributed by atoms with van der Waals surface area (Å²) < 4.78 is 98.5. The maximum atomic E-state index is 11.9. The van der Waals surface area contributed by atoms with E-state index in [1.165, 1.54) is 6.07 Å². The minimum Gasteiger partial charge on any atom is -0.493 e. The number of hydrogen-bond donors (Lipinski definition) is 0. The van der Waals surface area contributed by atoms with Crippen molar-refractivity contribution in [3.05, 3.63) is 207 Å². The summed E-state index contributed by atoms with van der Waals surface area (Å²) in [5.74, 6) is 9.55. The topological polar surface area (TPSA) is 182 Å². The highest BCUT2D eigenvalue weighted by atomic mass is 16.6. The van der Waals surface area contributed by atoms with Gasteiger partial charge < -0.3 is 71.1 Å². The summed E-state index contributed by atoms with van der Waals surface area (Å²) in [6.07, 6.45) is 35.0. The molecule has 0 aliphatic heterocycles. The first-order chi connectivity index (χ1) is 59.8. The van der Waals surface area contributed by atoms with Gasteiger partial charge in [-0.15, -0.1) is 0 Å². The lowest BCUT2D eigenvalue weighted by molar-refractivity contribution is -0.385. The molecule has 18 nitrogen and oxygen atoms in total. The second-order valence-corrected chi connectivity index (χ2v) is 32.0. The average Bonchev–Trinajstić information content (AvgIpc) is 0.834. The second-order valence-electron chi connectivity index (χ2n) is 32.0. The molecule has 0 atom stereocenters. The van der Waals surface area contributed by atoms with Crippen molar-refractivity contribution in [3.8, 4) is 86.2 Å². The van der Waals surface area contributed by atoms with E-state index < -0.39 is 4.92 Å². The molecule has 8 aromatic rings. The average molecular weight is 1680 g/mol. The van der Waals surface area contributed by atoms with E-state index >= 15 is 0 Å². The summed E-state index contributed by atoms with van der Waals surface area (Å²) in [7, 11) is 0. The predicted molar refractivity (Wildman–Crippen MR) is 490 cm³/mol. The maximum Gasteiger partial charge on any atom is 0.272 e. The normalized spacial score (nSPS) is 11.1. The van der Waals surface area contributed by atoms with Gasteiger partial charge in [-0.05, 0) is 194 Å². The van der Waals surface area contributed by atoms with Crippen LogP contribution in [0.15, 0.2) is 146 Å². The van der Waals surface area contributed by atoms with Gasteiger partial charge >= 0.3 is 0 Å². The molecule has 0 unspecified atom stereocenters. The molecule has 18 heteroatoms. The van der Waals surface area contributed by atoms with Crippen molar-refractivity contribution in [2.45, 2.75) is 307 Å². The lowest BCUT2D eigenvalue weighted by Crippen LogP contribution is -2.05. The molecule has 8 rings (SSSR count). The van der Waals surface area contributed by atoms with E-state index in [0.29, 0.717) is 98.7 Å². The molecule has 8 aromatic carbocycles. The van der Waals surface area contributed by atoms with Crippen LogP contribution >= 0.6 is 0 Å². The first kappa shape index (κ1) is 97.6. The number of rotatable bonds is 70. The molecule has 122 heavy (non-hydrogen) atoms. The van der Waals surface area contributed by atoms with Crippen LogP contribution in [0.3, 0.4) is 0 Å². The Kier molecular flexibility index (Phi) is 47.2. The molecule has 0 amide bonds. The smallest absolute Gasteiger partial charge is 0.272 e. The third kappa shape index (κ3) is 39.6. The van der Waals surface area contributed by atoms with E-state index in [1.807, 2.05) is 127 Å². The lowest BCUT2D eigenvalue weighted by Gasteiger charge is -2.17. The third-order valence-electron chi connectivity index (χ3n) is 20.8. The SMILES string of the molecule is [CH2]c1cc(OCc2cc(OCc3cc(OCc4cc(OCCCCCC)cc(OCCCCCC)c4)cc(OCc4cc(OCCCCCC)cc(OCCCCCC)c4)c3)cc(OCc3cc(OCc4cc(OCCCCCC)cc(OCCCCCC)c4)cc(OCc4cc(OCCCCCC)cc(OCCCCCC)c4)c3)c2)ccc1[N+](=O)[O-]. The zero-order chi connectivity index (χ0) is 86.2. The van der Waals surface area contributed by atoms with Gasteiger partial charge in [-0.2, -0.15) is 0 Å². The van der Waals surface area contributed by atoms with Crippen molar-refractivity contribution < 1.29 is 76.0 Å². The van der Waals surface area contributed by atoms with Gasteiger partial charge in [0.1, 0.15) is 132 Å². The standard InChI is InChI=1S/C104H144NO17/c1-10-18-26-34-44-108-90-53-82(54-91(67-90)109-45-35-27-19-11-2)75-117-100-63-87(64-101(72-100)118-76-83-55-92(110-46-36-28-20-12-3)68-93(56-83)111-47-37-29-21-13-4)79-121-98-61-86(74-116-89-42-43-104(105(106)107)81(9)52-89)62-99(71-98)122-80-88-65-102(119-77-84-57-94(112-48-38-30-22-14-5)69-95(58-84)113-49-39-31-23-15-6)73-103(66-88)120-78-85-59-96(114-50-40-32-24-16-7)70-97(60-85)115-51-41-33-25-17-8/h42-43,52-73H,9-41,44-51,74-80H2,1-8H3. The largest absolute Gasteiger partial charge is 0.493 e. The van der Waals surface area contributed by atoms with Crippen molar-refractivity contribution in [1.82, 2.24) is 0 Å². The van der Waals surface area contributed by atoms with Crippen molar-refractivity contribution in [3.63, 3.8) is 0 Å². The summed E-state index contributed by atoms with van der Waals surface area (Å²) in [6, 6.07) is 46.1. The third-order valence-corrected chi connectivity index (χ3v) is 20.8. The number of nitro benzene ring substituents is 1. The number of benzene rings is 8. The van der Waals surface area contributed by atoms with E-state index in [-0.39, 0.29) is 57.5 Å². The zero-order valence-electron chi connectivity index (χ0n) is 75.2. The Hall–Kier alpha value is -9.84. The highest BCUT2D eigenvalue weighted by molar-refractivity contribution is 5.49. The Morgan fingerprint density at radius 1 is 0.205 bits per heavy atom. The van der Waals surface area contributed by atoms with Gasteiger partial charge in [-0.3, -0.25) is 10.1 Å². The van der Waals surface area contributed by atoms with Gasteiger partial charge in [-0.1, -0.05) is 209 Å². The van der Waals surface area contributed by atoms with Gasteiger partial charge in [0.05, 0.1) is 57.8 Å². The van der Waals surface area contributed by atoms with E-state index in [0.717, 1.165) is 285 Å². The molecule has 0 saturated heterocycles. The van der Waals surface area contributed by atoms with E-state index in [1.54, 1.807) is 12.1 Å². The summed E-state index contributed by atoms with van der Waals surface area (Å²) in [5, 5.41) is 11.9. The first-order valence-corrected chi connectivity index (χ1v) is 46.3. The Labute approximate surface area is 731 Å². The number of ether oxygens (including phenoxy) is 15. The van der Waals surface area contributed by atoms with Gasteiger partial charge in [0.25, 0.3) is 5.69 Å². The van der Waals surface area contributed by atoms with Gasteiger partial charge in [0, 0.05) is 54.1 Å². The fraction of sp³-hybridized carbons (Fsp3) is 0.529. The number of nitro groups is 1. The fourth-order valence-corrected chi connectivity index (χ4v) is 13.9. The minimum absolute atomic E-state index is 0.0499. The van der Waals surface area contributed by atoms with Gasteiger partial charge in [0.2, 0.25) is 0 Å². The Morgan fingerprint density at radius 2 is 0.361 bits per heavy atom. The first-order valence-electron chi connectivity index (χ1n) is 46.3. The number of nitrogens with zero attached hydrogens (tertiary/aromatic N) is 1. The summed E-state index contributed by atoms with van der Waals surface area (Å²) >= 11 is 0. The molecule has 0 saturated carbocycles. The molecular formula is C104H144NO17. The zero-order valence-corrected chi connectivity index (χ0v) is 75.2. The summed E-state index contributed by atoms with van der Waals surface area (Å²) in [4.78, 5) is 11.4. The molecule has 0 bridgehead atoms. The van der Waals surface area contributed by atoms with Gasteiger partial charge in [0.15, 0.2) is 0 Å². The predicted octanol–water partition coefficient (Wildman–Crippen LogP) is 28.5. The van der Waals surface area contributed by atoms with E-state index in [4.69, 9.17) is 71.1 Å². The lowest BCUT2D eigenvalue weighted by atomic mass is 10.1. The molecule has 0 fully saturated rings. The summed E-state index contributed by atoms with van der Waals surface area (Å²) in [5.41, 5.74) is 5.94. The Morgan fingerprint density at radius 3 is 0.508 bits per heavy atom. The van der Waals surface area contributed by atoms with Crippen LogP contribution in [0.1, 0.15) is 305 Å². The number of unbranched alkanes of at least 4 members (excludes halogenated alkanes) is 24. The highest BCUT2D eigenvalue weighted by Crippen LogP contribution is 2.36. The molecule has 0 aliphatic carbocycles. The molecule has 667 valence electrons. The van der Waals surface area contributed by atoms with Crippen molar-refractivity contribution in [2.75, 3.05) is 52.9 Å². The van der Waals surface area contributed by atoms with Crippen LogP contribution in [0.5, 0.6) is 86.2 Å². The van der Waals surface area contributed by atoms with Crippen molar-refractivity contribution >= 4 is 5.69 Å². The Balaban J connectivity index is 1.13. The molecule has 0 aromatic heterocycles.